The van der Waals surface area contributed by atoms with Gasteiger partial charge in [0.2, 0.25) is 5.91 Å². The number of nitrogens with one attached hydrogen (secondary N) is 1. The van der Waals surface area contributed by atoms with Gasteiger partial charge in [0, 0.05) is 5.69 Å². The molecule has 2 aromatic carbocycles. The van der Waals surface area contributed by atoms with E-state index in [-0.39, 0.29) is 23.4 Å². The SMILES string of the molecule is O=C(O)c1ccc2c(c1)C1(CCC(Oc3ccc(F)cc3)CC1)C(=O)N2. The molecule has 0 bridgehead atoms. The van der Waals surface area contributed by atoms with Crippen LogP contribution in [-0.4, -0.2) is 23.1 Å². The third kappa shape index (κ3) is 2.71. The van der Waals surface area contributed by atoms with Crippen LogP contribution in [-0.2, 0) is 10.2 Å². The van der Waals surface area contributed by atoms with E-state index in [1.54, 1.807) is 24.3 Å². The van der Waals surface area contributed by atoms with Crippen molar-refractivity contribution in [3.05, 3.63) is 59.4 Å². The number of amides is 1. The fourth-order valence-corrected chi connectivity index (χ4v) is 3.95. The molecule has 134 valence electrons. The van der Waals surface area contributed by atoms with Crippen LogP contribution < -0.4 is 10.1 Å². The highest BCUT2D eigenvalue weighted by Crippen LogP contribution is 2.48. The Morgan fingerprint density at radius 1 is 1.15 bits per heavy atom. The van der Waals surface area contributed by atoms with Gasteiger partial charge in [0.15, 0.2) is 0 Å². The van der Waals surface area contributed by atoms with Crippen molar-refractivity contribution in [3.8, 4) is 5.75 Å². The zero-order valence-electron chi connectivity index (χ0n) is 14.0. The van der Waals surface area contributed by atoms with Gasteiger partial charge in [-0.05, 0) is 73.7 Å². The topological polar surface area (TPSA) is 75.6 Å². The number of hydrogen-bond donors (Lipinski definition) is 2. The standard InChI is InChI=1S/C20H18FNO4/c21-13-2-4-14(5-3-13)26-15-7-9-20(10-8-15)16-11-12(18(23)24)1-6-17(16)22-19(20)25/h1-6,11,15H,7-10H2,(H,22,25)(H,23,24). The average molecular weight is 355 g/mol. The Morgan fingerprint density at radius 3 is 2.50 bits per heavy atom. The highest BCUT2D eigenvalue weighted by Gasteiger charge is 2.49. The molecule has 0 radical (unpaired) electrons. The van der Waals surface area contributed by atoms with E-state index in [9.17, 15) is 19.1 Å². The van der Waals surface area contributed by atoms with Crippen LogP contribution in [0.5, 0.6) is 5.75 Å². The second-order valence-electron chi connectivity index (χ2n) is 6.87. The predicted octanol–water partition coefficient (Wildman–Crippen LogP) is 3.74. The number of ether oxygens (including phenoxy) is 1. The summed E-state index contributed by atoms with van der Waals surface area (Å²) in [4.78, 5) is 23.9. The number of fused-ring (bicyclic) bond motifs is 2. The fraction of sp³-hybridized carbons (Fsp3) is 0.300. The number of carbonyl (C=O) groups is 2. The highest BCUT2D eigenvalue weighted by molar-refractivity contribution is 6.07. The number of carbonyl (C=O) groups excluding carboxylic acids is 1. The molecule has 1 saturated carbocycles. The number of benzene rings is 2. The number of carboxylic acids is 1. The lowest BCUT2D eigenvalue weighted by Crippen LogP contribution is -2.40. The Labute approximate surface area is 149 Å². The summed E-state index contributed by atoms with van der Waals surface area (Å²) in [5.41, 5.74) is 0.952. The maximum absolute atomic E-state index is 13.0. The Hall–Kier alpha value is -2.89. The maximum atomic E-state index is 13.0. The van der Waals surface area contributed by atoms with Crippen molar-refractivity contribution in [3.63, 3.8) is 0 Å². The summed E-state index contributed by atoms with van der Waals surface area (Å²) in [6.45, 7) is 0. The van der Waals surface area contributed by atoms with Gasteiger partial charge in [0.1, 0.15) is 11.6 Å². The molecule has 0 atom stereocenters. The zero-order valence-corrected chi connectivity index (χ0v) is 14.0. The van der Waals surface area contributed by atoms with Crippen LogP contribution in [0.4, 0.5) is 10.1 Å². The molecule has 1 spiro atoms. The molecule has 4 rings (SSSR count). The summed E-state index contributed by atoms with van der Waals surface area (Å²) in [7, 11) is 0. The first-order chi connectivity index (χ1) is 12.5. The number of halogens is 1. The van der Waals surface area contributed by atoms with Crippen molar-refractivity contribution in [1.82, 2.24) is 0 Å². The van der Waals surface area contributed by atoms with E-state index < -0.39 is 11.4 Å². The van der Waals surface area contributed by atoms with Gasteiger partial charge in [-0.2, -0.15) is 0 Å². The van der Waals surface area contributed by atoms with Gasteiger partial charge in [0.05, 0.1) is 17.1 Å². The summed E-state index contributed by atoms with van der Waals surface area (Å²) < 4.78 is 18.9. The summed E-state index contributed by atoms with van der Waals surface area (Å²) in [6, 6.07) is 10.7. The lowest BCUT2D eigenvalue weighted by molar-refractivity contribution is -0.122. The monoisotopic (exact) mass is 355 g/mol. The molecule has 6 heteroatoms. The average Bonchev–Trinajstić information content (AvgIpc) is 2.90. The zero-order chi connectivity index (χ0) is 18.3. The second-order valence-corrected chi connectivity index (χ2v) is 6.87. The summed E-state index contributed by atoms with van der Waals surface area (Å²) in [5, 5.41) is 12.1. The molecule has 2 aromatic rings. The van der Waals surface area contributed by atoms with Crippen molar-refractivity contribution >= 4 is 17.6 Å². The molecule has 2 N–H and O–H groups in total. The fourth-order valence-electron chi connectivity index (χ4n) is 3.95. The molecule has 0 saturated heterocycles. The minimum absolute atomic E-state index is 0.0504. The van der Waals surface area contributed by atoms with Crippen LogP contribution in [0.3, 0.4) is 0 Å². The summed E-state index contributed by atoms with van der Waals surface area (Å²) in [6.07, 6.45) is 2.45. The van der Waals surface area contributed by atoms with E-state index >= 15 is 0 Å². The van der Waals surface area contributed by atoms with Crippen LogP contribution in [0.2, 0.25) is 0 Å². The highest BCUT2D eigenvalue weighted by atomic mass is 19.1. The largest absolute Gasteiger partial charge is 0.490 e. The number of hydrogen-bond acceptors (Lipinski definition) is 3. The quantitative estimate of drug-likeness (QED) is 0.880. The third-order valence-electron chi connectivity index (χ3n) is 5.37. The van der Waals surface area contributed by atoms with E-state index in [0.717, 1.165) is 5.56 Å². The van der Waals surface area contributed by atoms with Gasteiger partial charge < -0.3 is 15.2 Å². The smallest absolute Gasteiger partial charge is 0.335 e. The van der Waals surface area contributed by atoms with Crippen molar-refractivity contribution in [2.24, 2.45) is 0 Å². The number of rotatable bonds is 3. The molecule has 1 aliphatic carbocycles. The van der Waals surface area contributed by atoms with Crippen molar-refractivity contribution < 1.29 is 23.8 Å². The number of carboxylic acid groups (broad SMARTS) is 1. The molecule has 1 heterocycles. The molecular formula is C20H18FNO4. The van der Waals surface area contributed by atoms with Gasteiger partial charge in [-0.3, -0.25) is 4.79 Å². The first-order valence-corrected chi connectivity index (χ1v) is 8.59. The first-order valence-electron chi connectivity index (χ1n) is 8.59. The predicted molar refractivity (Wildman–Crippen MR) is 93.0 cm³/mol. The molecule has 1 amide bonds. The van der Waals surface area contributed by atoms with Crippen LogP contribution in [0.1, 0.15) is 41.6 Å². The summed E-state index contributed by atoms with van der Waals surface area (Å²) in [5.74, 6) is -0.781. The maximum Gasteiger partial charge on any atom is 0.335 e. The lowest BCUT2D eigenvalue weighted by atomic mass is 9.69. The van der Waals surface area contributed by atoms with Gasteiger partial charge in [0.25, 0.3) is 0 Å². The van der Waals surface area contributed by atoms with E-state index in [4.69, 9.17) is 4.74 Å². The summed E-state index contributed by atoms with van der Waals surface area (Å²) >= 11 is 0. The molecule has 2 aliphatic rings. The first kappa shape index (κ1) is 16.6. The van der Waals surface area contributed by atoms with Gasteiger partial charge in [-0.1, -0.05) is 0 Å². The molecule has 0 aromatic heterocycles. The van der Waals surface area contributed by atoms with E-state index in [1.807, 2.05) is 0 Å². The number of anilines is 1. The Kier molecular flexibility index (Phi) is 3.90. The minimum atomic E-state index is -1.00. The van der Waals surface area contributed by atoms with E-state index in [0.29, 0.717) is 37.1 Å². The molecule has 26 heavy (non-hydrogen) atoms. The third-order valence-corrected chi connectivity index (χ3v) is 5.37. The van der Waals surface area contributed by atoms with Crippen LogP contribution >= 0.6 is 0 Å². The minimum Gasteiger partial charge on any atom is -0.490 e. The molecule has 0 unspecified atom stereocenters. The van der Waals surface area contributed by atoms with Crippen molar-refractivity contribution in [2.75, 3.05) is 5.32 Å². The Bertz CT molecular complexity index is 870. The molecule has 1 fully saturated rings. The van der Waals surface area contributed by atoms with E-state index in [1.165, 1.54) is 18.2 Å². The Morgan fingerprint density at radius 2 is 1.85 bits per heavy atom. The Balaban J connectivity index is 1.53. The van der Waals surface area contributed by atoms with E-state index in [2.05, 4.69) is 5.32 Å². The van der Waals surface area contributed by atoms with Gasteiger partial charge in [-0.15, -0.1) is 0 Å². The van der Waals surface area contributed by atoms with Crippen LogP contribution in [0.15, 0.2) is 42.5 Å². The van der Waals surface area contributed by atoms with Crippen LogP contribution in [0.25, 0.3) is 0 Å². The lowest BCUT2D eigenvalue weighted by Gasteiger charge is -2.35. The molecule has 1 aliphatic heterocycles. The van der Waals surface area contributed by atoms with Crippen molar-refractivity contribution in [1.29, 1.82) is 0 Å². The van der Waals surface area contributed by atoms with Gasteiger partial charge in [-0.25, -0.2) is 9.18 Å². The molecular weight excluding hydrogens is 337 g/mol. The van der Waals surface area contributed by atoms with Crippen molar-refractivity contribution in [2.45, 2.75) is 37.2 Å². The van der Waals surface area contributed by atoms with Crippen LogP contribution in [0, 0.1) is 5.82 Å². The van der Waals surface area contributed by atoms with Gasteiger partial charge >= 0.3 is 5.97 Å². The normalized spacial score (nSPS) is 24.2. The second kappa shape index (κ2) is 6.12. The molecule has 5 nitrogen and oxygen atoms in total. The number of aromatic carboxylic acids is 1.